The van der Waals surface area contributed by atoms with Gasteiger partial charge in [-0.15, -0.1) is 0 Å². The fourth-order valence-electron chi connectivity index (χ4n) is 6.64. The molecule has 4 N–H and O–H groups in total. The van der Waals surface area contributed by atoms with Crippen LogP contribution in [0.25, 0.3) is 10.9 Å². The van der Waals surface area contributed by atoms with Gasteiger partial charge in [0, 0.05) is 33.6 Å². The molecule has 2 aliphatic heterocycles. The third-order valence-corrected chi connectivity index (χ3v) is 8.72. The maximum atomic E-state index is 14.9. The van der Waals surface area contributed by atoms with Crippen LogP contribution in [0, 0.1) is 5.92 Å². The third-order valence-electron chi connectivity index (χ3n) is 8.37. The van der Waals surface area contributed by atoms with E-state index in [2.05, 4.69) is 15.6 Å². The van der Waals surface area contributed by atoms with E-state index < -0.39 is 52.0 Å². The standard InChI is InChI=1S/C33H24ClN3O4/c34-22-15-7-4-12-19(22)25-27(30(39)26-29(38)20-13-5-8-16-23(20)35-31(26)40)33(37-28(25)18-10-2-1-3-11-18)21-14-6-9-17-24(21)36-32(33)41/h1-17,25,27-28,37H,(H,36,41)(H2,35,38,40)/t25-,27+,28?,33-/m1/s1. The van der Waals surface area contributed by atoms with E-state index in [0.29, 0.717) is 32.7 Å². The highest BCUT2D eigenvalue weighted by Crippen LogP contribution is 2.58. The Morgan fingerprint density at radius 3 is 2.32 bits per heavy atom. The molecule has 1 aromatic heterocycles. The Morgan fingerprint density at radius 2 is 1.51 bits per heavy atom. The van der Waals surface area contributed by atoms with Crippen LogP contribution in [0.3, 0.4) is 0 Å². The van der Waals surface area contributed by atoms with Crippen LogP contribution in [0.1, 0.15) is 39.0 Å². The number of nitrogens with one attached hydrogen (secondary N) is 3. The molecule has 202 valence electrons. The number of aromatic hydroxyl groups is 1. The number of para-hydroxylation sites is 2. The average Bonchev–Trinajstić information content (AvgIpc) is 3.48. The van der Waals surface area contributed by atoms with Gasteiger partial charge in [0.2, 0.25) is 5.91 Å². The van der Waals surface area contributed by atoms with E-state index in [0.717, 1.165) is 5.56 Å². The molecule has 1 fully saturated rings. The molecule has 4 aromatic carbocycles. The highest BCUT2D eigenvalue weighted by Gasteiger charge is 2.65. The van der Waals surface area contributed by atoms with Gasteiger partial charge in [-0.05, 0) is 35.4 Å². The molecular formula is C33H24ClN3O4. The summed E-state index contributed by atoms with van der Waals surface area (Å²) in [5.41, 5.74) is 0.399. The number of pyridine rings is 1. The number of ketones is 1. The molecule has 0 saturated carbocycles. The number of aromatic amines is 1. The highest BCUT2D eigenvalue weighted by atomic mass is 35.5. The Morgan fingerprint density at radius 1 is 0.829 bits per heavy atom. The van der Waals surface area contributed by atoms with Gasteiger partial charge in [0.25, 0.3) is 5.56 Å². The molecule has 0 radical (unpaired) electrons. The second-order valence-corrected chi connectivity index (χ2v) is 10.9. The number of H-pyrrole nitrogens is 1. The lowest BCUT2D eigenvalue weighted by Gasteiger charge is -2.31. The van der Waals surface area contributed by atoms with Gasteiger partial charge in [-0.2, -0.15) is 0 Å². The molecule has 4 atom stereocenters. The molecule has 1 saturated heterocycles. The van der Waals surface area contributed by atoms with Gasteiger partial charge in [0.15, 0.2) is 5.78 Å². The molecule has 1 unspecified atom stereocenters. The lowest BCUT2D eigenvalue weighted by atomic mass is 9.69. The summed E-state index contributed by atoms with van der Waals surface area (Å²) in [6.07, 6.45) is 0. The number of carbonyl (C=O) groups excluding carboxylic acids is 2. The minimum absolute atomic E-state index is 0.334. The van der Waals surface area contributed by atoms with Crippen molar-refractivity contribution in [3.63, 3.8) is 0 Å². The minimum atomic E-state index is -1.55. The van der Waals surface area contributed by atoms with Gasteiger partial charge in [0.05, 0.1) is 11.4 Å². The van der Waals surface area contributed by atoms with E-state index in [1.165, 1.54) is 0 Å². The first-order valence-electron chi connectivity index (χ1n) is 13.3. The average molecular weight is 562 g/mol. The van der Waals surface area contributed by atoms with Crippen LogP contribution in [0.15, 0.2) is 108 Å². The predicted molar refractivity (Wildman–Crippen MR) is 157 cm³/mol. The number of halogens is 1. The van der Waals surface area contributed by atoms with Crippen LogP contribution in [0.4, 0.5) is 5.69 Å². The van der Waals surface area contributed by atoms with Crippen molar-refractivity contribution in [2.75, 3.05) is 5.32 Å². The number of hydrogen-bond donors (Lipinski definition) is 4. The zero-order valence-corrected chi connectivity index (χ0v) is 22.4. The maximum absolute atomic E-state index is 14.9. The van der Waals surface area contributed by atoms with Crippen molar-refractivity contribution in [1.29, 1.82) is 0 Å². The lowest BCUT2D eigenvalue weighted by molar-refractivity contribution is -0.122. The van der Waals surface area contributed by atoms with Gasteiger partial charge in [-0.1, -0.05) is 90.5 Å². The molecule has 0 aliphatic carbocycles. The Bertz CT molecular complexity index is 1920. The van der Waals surface area contributed by atoms with E-state index in [1.807, 2.05) is 60.7 Å². The van der Waals surface area contributed by atoms with Crippen molar-refractivity contribution in [2.24, 2.45) is 5.92 Å². The first kappa shape index (κ1) is 25.3. The van der Waals surface area contributed by atoms with E-state index in [1.54, 1.807) is 42.5 Å². The number of amides is 1. The molecular weight excluding hydrogens is 538 g/mol. The largest absolute Gasteiger partial charge is 0.506 e. The summed E-state index contributed by atoms with van der Waals surface area (Å²) in [5.74, 6) is -3.32. The summed E-state index contributed by atoms with van der Waals surface area (Å²) in [6.45, 7) is 0. The Labute approximate surface area is 239 Å². The molecule has 7 nitrogen and oxygen atoms in total. The van der Waals surface area contributed by atoms with Crippen LogP contribution < -0.4 is 16.2 Å². The van der Waals surface area contributed by atoms with Gasteiger partial charge in [-0.25, -0.2) is 0 Å². The van der Waals surface area contributed by atoms with E-state index in [4.69, 9.17) is 11.6 Å². The number of anilines is 1. The number of hydrogen-bond acceptors (Lipinski definition) is 5. The molecule has 7 rings (SSSR count). The maximum Gasteiger partial charge on any atom is 0.263 e. The van der Waals surface area contributed by atoms with Gasteiger partial charge >= 0.3 is 0 Å². The van der Waals surface area contributed by atoms with Gasteiger partial charge in [0.1, 0.15) is 16.9 Å². The van der Waals surface area contributed by atoms with E-state index in [-0.39, 0.29) is 0 Å². The number of benzene rings is 4. The minimum Gasteiger partial charge on any atom is -0.506 e. The second kappa shape index (κ2) is 9.44. The first-order valence-corrected chi connectivity index (χ1v) is 13.7. The summed E-state index contributed by atoms with van der Waals surface area (Å²) >= 11 is 6.79. The number of carbonyl (C=O) groups is 2. The summed E-state index contributed by atoms with van der Waals surface area (Å²) < 4.78 is 0. The van der Waals surface area contributed by atoms with Crippen LogP contribution in [0.2, 0.25) is 5.02 Å². The van der Waals surface area contributed by atoms with Crippen LogP contribution in [-0.2, 0) is 10.3 Å². The molecule has 1 amide bonds. The fourth-order valence-corrected chi connectivity index (χ4v) is 6.90. The van der Waals surface area contributed by atoms with Crippen molar-refractivity contribution < 1.29 is 14.7 Å². The van der Waals surface area contributed by atoms with Crippen molar-refractivity contribution in [2.45, 2.75) is 17.5 Å². The van der Waals surface area contributed by atoms with E-state index in [9.17, 15) is 19.5 Å². The molecule has 5 aromatic rings. The van der Waals surface area contributed by atoms with Gasteiger partial charge < -0.3 is 15.4 Å². The predicted octanol–water partition coefficient (Wildman–Crippen LogP) is 5.66. The second-order valence-electron chi connectivity index (χ2n) is 10.5. The summed E-state index contributed by atoms with van der Waals surface area (Å²) in [5, 5.41) is 18.6. The van der Waals surface area contributed by atoms with Gasteiger partial charge in [-0.3, -0.25) is 19.7 Å². The zero-order valence-electron chi connectivity index (χ0n) is 21.6. The Hall–Kier alpha value is -4.72. The quantitative estimate of drug-likeness (QED) is 0.212. The highest BCUT2D eigenvalue weighted by molar-refractivity contribution is 6.31. The monoisotopic (exact) mass is 561 g/mol. The Kier molecular flexibility index (Phi) is 5.81. The number of rotatable bonds is 4. The summed E-state index contributed by atoms with van der Waals surface area (Å²) in [6, 6.07) is 30.2. The molecule has 2 aliphatic rings. The van der Waals surface area contributed by atoms with Crippen LogP contribution >= 0.6 is 11.6 Å². The molecule has 3 heterocycles. The fraction of sp³-hybridized carbons (Fsp3) is 0.121. The van der Waals surface area contributed by atoms with Crippen LogP contribution in [0.5, 0.6) is 5.75 Å². The van der Waals surface area contributed by atoms with Crippen LogP contribution in [-0.4, -0.2) is 21.8 Å². The molecule has 1 spiro atoms. The van der Waals surface area contributed by atoms with Crippen molar-refractivity contribution in [3.05, 3.63) is 141 Å². The first-order chi connectivity index (χ1) is 19.9. The number of aromatic nitrogens is 1. The lowest BCUT2D eigenvalue weighted by Crippen LogP contribution is -2.51. The smallest absolute Gasteiger partial charge is 0.263 e. The van der Waals surface area contributed by atoms with Crippen molar-refractivity contribution in [3.8, 4) is 5.75 Å². The number of fused-ring (bicyclic) bond motifs is 3. The topological polar surface area (TPSA) is 111 Å². The number of Topliss-reactive ketones (excluding diaryl/α,β-unsaturated/α-hetero) is 1. The zero-order chi connectivity index (χ0) is 28.3. The summed E-state index contributed by atoms with van der Waals surface area (Å²) in [7, 11) is 0. The molecule has 41 heavy (non-hydrogen) atoms. The van der Waals surface area contributed by atoms with Crippen molar-refractivity contribution >= 4 is 39.9 Å². The molecule has 8 heteroatoms. The normalized spacial score (nSPS) is 23.0. The third kappa shape index (κ3) is 3.66. The van der Waals surface area contributed by atoms with E-state index >= 15 is 0 Å². The Balaban J connectivity index is 1.54. The summed E-state index contributed by atoms with van der Waals surface area (Å²) in [4.78, 5) is 45.2. The SMILES string of the molecule is O=C(c1c(O)c2ccccc2[nH]c1=O)[C@@H]1[C@@H](c2ccccc2Cl)C(c2ccccc2)N[C@@]12C(=O)Nc1ccccc12. The van der Waals surface area contributed by atoms with Crippen molar-refractivity contribution in [1.82, 2.24) is 10.3 Å². The molecule has 0 bridgehead atoms.